The molecule has 0 amide bonds. The molecule has 1 aliphatic heterocycles. The van der Waals surface area contributed by atoms with E-state index in [1.54, 1.807) is 36.4 Å². The summed E-state index contributed by atoms with van der Waals surface area (Å²) >= 11 is 5.94. The number of H-pyrrole nitrogens is 1. The van der Waals surface area contributed by atoms with Gasteiger partial charge in [0.2, 0.25) is 0 Å². The van der Waals surface area contributed by atoms with Crippen LogP contribution in [0.5, 0.6) is 0 Å². The number of benzene rings is 2. The number of aliphatic imine (C=N–C) groups is 1. The summed E-state index contributed by atoms with van der Waals surface area (Å²) in [7, 11) is 0. The number of hydrogen-bond donors (Lipinski definition) is 2. The molecule has 4 rings (SSSR count). The number of rotatable bonds is 7. The molecule has 32 heavy (non-hydrogen) atoms. The van der Waals surface area contributed by atoms with E-state index in [0.717, 1.165) is 5.56 Å². The van der Waals surface area contributed by atoms with Crippen LogP contribution in [0.15, 0.2) is 64.5 Å². The van der Waals surface area contributed by atoms with Crippen LogP contribution in [0.2, 0.25) is 5.02 Å². The van der Waals surface area contributed by atoms with E-state index in [4.69, 9.17) is 16.7 Å². The zero-order valence-corrected chi connectivity index (χ0v) is 17.5. The number of halogens is 2. The van der Waals surface area contributed by atoms with Gasteiger partial charge in [0.15, 0.2) is 11.2 Å². The zero-order valence-electron chi connectivity index (χ0n) is 16.8. The van der Waals surface area contributed by atoms with Crippen molar-refractivity contribution in [1.29, 1.82) is 0 Å². The van der Waals surface area contributed by atoms with Crippen LogP contribution in [-0.2, 0) is 17.6 Å². The molecule has 2 heterocycles. The number of pyridine rings is 1. The van der Waals surface area contributed by atoms with E-state index < -0.39 is 28.5 Å². The van der Waals surface area contributed by atoms with Crippen molar-refractivity contribution in [1.82, 2.24) is 4.98 Å². The molecule has 1 unspecified atom stereocenters. The van der Waals surface area contributed by atoms with Gasteiger partial charge in [-0.3, -0.25) is 19.4 Å². The van der Waals surface area contributed by atoms with Crippen LogP contribution in [0.25, 0.3) is 10.9 Å². The molecule has 1 atom stereocenters. The number of ketones is 1. The number of aliphatic carboxylic acids is 1. The first-order chi connectivity index (χ1) is 15.3. The number of aromatic amines is 1. The smallest absolute Gasteiger partial charge is 0.303 e. The van der Waals surface area contributed by atoms with Crippen LogP contribution < -0.4 is 5.43 Å². The lowest BCUT2D eigenvalue weighted by atomic mass is 9.84. The van der Waals surface area contributed by atoms with Gasteiger partial charge in [-0.25, -0.2) is 4.39 Å². The van der Waals surface area contributed by atoms with Crippen LogP contribution >= 0.6 is 11.6 Å². The number of hydrogen-bond acceptors (Lipinski definition) is 4. The quantitative estimate of drug-likeness (QED) is 0.526. The van der Waals surface area contributed by atoms with Gasteiger partial charge in [0.1, 0.15) is 11.4 Å². The third-order valence-electron chi connectivity index (χ3n) is 5.42. The highest BCUT2D eigenvalue weighted by Crippen LogP contribution is 2.28. The second-order valence-electron chi connectivity index (χ2n) is 7.62. The van der Waals surface area contributed by atoms with E-state index in [0.29, 0.717) is 10.6 Å². The Balaban J connectivity index is 1.76. The molecule has 8 heteroatoms. The second-order valence-corrected chi connectivity index (χ2v) is 8.06. The number of carbonyl (C=O) groups excluding carboxylic acids is 1. The van der Waals surface area contributed by atoms with Gasteiger partial charge in [0.25, 0.3) is 0 Å². The molecular formula is C24H18ClFN2O4. The minimum absolute atomic E-state index is 0.0103. The molecule has 0 radical (unpaired) electrons. The van der Waals surface area contributed by atoms with E-state index >= 15 is 0 Å². The number of allylic oxidation sites excluding steroid dienone is 1. The number of nitrogens with zero attached hydrogens (tertiary/aromatic N) is 1. The molecule has 2 aromatic carbocycles. The van der Waals surface area contributed by atoms with Crippen molar-refractivity contribution < 1.29 is 19.1 Å². The molecule has 3 aromatic rings. The number of Topliss-reactive ketones (excluding diaryl/α,β-unsaturated/α-hetero) is 1. The predicted octanol–water partition coefficient (Wildman–Crippen LogP) is 4.14. The standard InChI is InChI=1S/C24H18ClFN2O4/c25-16-5-2-14(3-6-16)12-24(8-1-9-28-24)23(32)18-13-27-21-17(22(18)31)10-15(11-19(21)26)4-7-20(29)30/h1-3,5-6,8-11,13H,4,7,12H2,(H,27,31)(H,29,30). The Kier molecular flexibility index (Phi) is 5.76. The maximum Gasteiger partial charge on any atom is 0.303 e. The van der Waals surface area contributed by atoms with Gasteiger partial charge in [-0.2, -0.15) is 0 Å². The van der Waals surface area contributed by atoms with Crippen LogP contribution in [0.3, 0.4) is 0 Å². The van der Waals surface area contributed by atoms with Gasteiger partial charge in [-0.1, -0.05) is 23.7 Å². The average molecular weight is 453 g/mol. The highest BCUT2D eigenvalue weighted by Gasteiger charge is 2.39. The normalized spacial score (nSPS) is 17.2. The Hall–Kier alpha value is -3.58. The van der Waals surface area contributed by atoms with Crippen molar-refractivity contribution in [3.8, 4) is 0 Å². The summed E-state index contributed by atoms with van der Waals surface area (Å²) in [5.74, 6) is -2.23. The summed E-state index contributed by atoms with van der Waals surface area (Å²) < 4.78 is 14.5. The fourth-order valence-electron chi connectivity index (χ4n) is 3.79. The van der Waals surface area contributed by atoms with Gasteiger partial charge < -0.3 is 10.1 Å². The number of carbonyl (C=O) groups is 2. The van der Waals surface area contributed by atoms with Gasteiger partial charge in [-0.05, 0) is 54.0 Å². The fourth-order valence-corrected chi connectivity index (χ4v) is 3.92. The number of aryl methyl sites for hydroxylation is 1. The van der Waals surface area contributed by atoms with Crippen molar-refractivity contribution in [2.24, 2.45) is 4.99 Å². The van der Waals surface area contributed by atoms with Crippen molar-refractivity contribution >= 4 is 40.5 Å². The van der Waals surface area contributed by atoms with Gasteiger partial charge in [0.05, 0.1) is 11.1 Å². The largest absolute Gasteiger partial charge is 0.481 e. The van der Waals surface area contributed by atoms with Crippen molar-refractivity contribution in [2.75, 3.05) is 0 Å². The first kappa shape index (κ1) is 21.6. The van der Waals surface area contributed by atoms with Crippen LogP contribution in [-0.4, -0.2) is 33.6 Å². The van der Waals surface area contributed by atoms with Crippen LogP contribution in [0.1, 0.15) is 27.9 Å². The SMILES string of the molecule is O=C(O)CCc1cc(F)c2[nH]cc(C(=O)C3(Cc4ccc(Cl)cc4)C=CC=N3)c(=O)c2c1. The Labute approximate surface area is 187 Å². The lowest BCUT2D eigenvalue weighted by Crippen LogP contribution is -2.38. The minimum Gasteiger partial charge on any atom is -0.481 e. The monoisotopic (exact) mass is 452 g/mol. The molecule has 0 saturated carbocycles. The Morgan fingerprint density at radius 2 is 1.91 bits per heavy atom. The second kappa shape index (κ2) is 8.51. The Morgan fingerprint density at radius 1 is 1.16 bits per heavy atom. The predicted molar refractivity (Wildman–Crippen MR) is 120 cm³/mol. The van der Waals surface area contributed by atoms with Crippen LogP contribution in [0, 0.1) is 5.82 Å². The summed E-state index contributed by atoms with van der Waals surface area (Å²) in [5, 5.41) is 9.43. The first-order valence-corrected chi connectivity index (χ1v) is 10.2. The number of carboxylic acid groups (broad SMARTS) is 1. The molecule has 0 fully saturated rings. The summed E-state index contributed by atoms with van der Waals surface area (Å²) in [4.78, 5) is 44.6. The fraction of sp³-hybridized carbons (Fsp3) is 0.167. The summed E-state index contributed by atoms with van der Waals surface area (Å²) in [6, 6.07) is 9.61. The van der Waals surface area contributed by atoms with E-state index in [2.05, 4.69) is 9.98 Å². The minimum atomic E-state index is -1.30. The van der Waals surface area contributed by atoms with Crippen LogP contribution in [0.4, 0.5) is 4.39 Å². The summed E-state index contributed by atoms with van der Waals surface area (Å²) in [5.41, 5.74) is -0.944. The number of aromatic nitrogens is 1. The van der Waals surface area contributed by atoms with E-state index in [9.17, 15) is 18.8 Å². The third-order valence-corrected chi connectivity index (χ3v) is 5.67. The lowest BCUT2D eigenvalue weighted by Gasteiger charge is -2.23. The first-order valence-electron chi connectivity index (χ1n) is 9.87. The molecule has 2 N–H and O–H groups in total. The number of carboxylic acids is 1. The topological polar surface area (TPSA) is 99.6 Å². The molecule has 6 nitrogen and oxygen atoms in total. The van der Waals surface area contributed by atoms with E-state index in [1.165, 1.54) is 24.5 Å². The number of fused-ring (bicyclic) bond motifs is 1. The van der Waals surface area contributed by atoms with Crippen molar-refractivity contribution in [2.45, 2.75) is 24.8 Å². The maximum atomic E-state index is 14.5. The highest BCUT2D eigenvalue weighted by molar-refractivity contribution is 6.30. The average Bonchev–Trinajstić information content (AvgIpc) is 3.24. The summed E-state index contributed by atoms with van der Waals surface area (Å²) in [6.07, 6.45) is 6.08. The molecule has 162 valence electrons. The van der Waals surface area contributed by atoms with Crippen molar-refractivity contribution in [3.63, 3.8) is 0 Å². The molecular weight excluding hydrogens is 435 g/mol. The van der Waals surface area contributed by atoms with Gasteiger partial charge >= 0.3 is 5.97 Å². The molecule has 0 aliphatic carbocycles. The third kappa shape index (κ3) is 4.11. The molecule has 1 aromatic heterocycles. The molecule has 0 saturated heterocycles. The van der Waals surface area contributed by atoms with E-state index in [-0.39, 0.29) is 35.7 Å². The van der Waals surface area contributed by atoms with E-state index in [1.807, 2.05) is 0 Å². The number of nitrogens with one attached hydrogen (secondary N) is 1. The molecule has 0 spiro atoms. The zero-order chi connectivity index (χ0) is 22.9. The lowest BCUT2D eigenvalue weighted by molar-refractivity contribution is -0.136. The maximum absolute atomic E-state index is 14.5. The van der Waals surface area contributed by atoms with Crippen molar-refractivity contribution in [3.05, 3.63) is 92.5 Å². The summed E-state index contributed by atoms with van der Waals surface area (Å²) in [6.45, 7) is 0. The highest BCUT2D eigenvalue weighted by atomic mass is 35.5. The Bertz CT molecular complexity index is 1330. The van der Waals surface area contributed by atoms with Gasteiger partial charge in [0, 0.05) is 35.7 Å². The molecule has 0 bridgehead atoms. The van der Waals surface area contributed by atoms with Gasteiger partial charge in [-0.15, -0.1) is 0 Å². The Morgan fingerprint density at radius 3 is 2.56 bits per heavy atom. The molecule has 1 aliphatic rings.